The Kier molecular flexibility index (Phi) is 5.05. The number of halogens is 1. The van der Waals surface area contributed by atoms with Gasteiger partial charge in [0.15, 0.2) is 0 Å². The molecule has 1 aromatic heterocycles. The van der Waals surface area contributed by atoms with Crippen LogP contribution in [0.2, 0.25) is 5.02 Å². The van der Waals surface area contributed by atoms with Crippen LogP contribution in [0.1, 0.15) is 26.7 Å². The second kappa shape index (κ2) is 6.31. The minimum absolute atomic E-state index is 0.108. The van der Waals surface area contributed by atoms with Gasteiger partial charge in [0.05, 0.1) is 11.9 Å². The molecule has 0 aliphatic rings. The van der Waals surface area contributed by atoms with Crippen molar-refractivity contribution < 1.29 is 0 Å². The first-order valence-corrected chi connectivity index (χ1v) is 5.97. The van der Waals surface area contributed by atoms with Crippen molar-refractivity contribution in [1.29, 1.82) is 0 Å². The average Bonchev–Trinajstić information content (AvgIpc) is 2.34. The summed E-state index contributed by atoms with van der Waals surface area (Å²) in [6.07, 6.45) is 8.28. The van der Waals surface area contributed by atoms with Gasteiger partial charge in [-0.1, -0.05) is 18.5 Å². The molecule has 1 aromatic rings. The first-order chi connectivity index (χ1) is 8.13. The van der Waals surface area contributed by atoms with E-state index in [0.29, 0.717) is 18.7 Å². The van der Waals surface area contributed by atoms with Gasteiger partial charge in [-0.05, 0) is 13.3 Å². The van der Waals surface area contributed by atoms with Crippen LogP contribution >= 0.6 is 11.6 Å². The molecule has 4 nitrogen and oxygen atoms in total. The molecule has 1 rings (SSSR count). The SMILES string of the molecule is C#CCC(CC)Nc1cnn(CC)c(=O)c1Cl. The van der Waals surface area contributed by atoms with Gasteiger partial charge in [-0.3, -0.25) is 4.79 Å². The van der Waals surface area contributed by atoms with Crippen molar-refractivity contribution in [3.8, 4) is 12.3 Å². The summed E-state index contributed by atoms with van der Waals surface area (Å²) in [6.45, 7) is 4.36. The molecule has 0 saturated carbocycles. The molecular weight excluding hydrogens is 238 g/mol. The molecule has 5 heteroatoms. The zero-order chi connectivity index (χ0) is 12.8. The van der Waals surface area contributed by atoms with Crippen molar-refractivity contribution in [2.75, 3.05) is 5.32 Å². The van der Waals surface area contributed by atoms with E-state index in [1.165, 1.54) is 4.68 Å². The Bertz CT molecular complexity index is 476. The zero-order valence-corrected chi connectivity index (χ0v) is 10.8. The largest absolute Gasteiger partial charge is 0.379 e. The van der Waals surface area contributed by atoms with Gasteiger partial charge in [0.2, 0.25) is 0 Å². The molecule has 0 aliphatic heterocycles. The number of aromatic nitrogens is 2. The summed E-state index contributed by atoms with van der Waals surface area (Å²) in [5.41, 5.74) is 0.262. The lowest BCUT2D eigenvalue weighted by Gasteiger charge is -2.16. The van der Waals surface area contributed by atoms with Gasteiger partial charge in [0, 0.05) is 19.0 Å². The molecule has 0 aliphatic carbocycles. The fourth-order valence-corrected chi connectivity index (χ4v) is 1.65. The van der Waals surface area contributed by atoms with E-state index < -0.39 is 0 Å². The number of nitrogens with one attached hydrogen (secondary N) is 1. The number of hydrogen-bond donors (Lipinski definition) is 1. The number of rotatable bonds is 5. The van der Waals surface area contributed by atoms with Crippen LogP contribution in [0.15, 0.2) is 11.0 Å². The Morgan fingerprint density at radius 2 is 2.35 bits per heavy atom. The second-order valence-electron chi connectivity index (χ2n) is 3.65. The van der Waals surface area contributed by atoms with Crippen molar-refractivity contribution in [1.82, 2.24) is 9.78 Å². The fourth-order valence-electron chi connectivity index (χ4n) is 1.45. The molecule has 1 unspecified atom stereocenters. The van der Waals surface area contributed by atoms with E-state index in [2.05, 4.69) is 16.3 Å². The van der Waals surface area contributed by atoms with Gasteiger partial charge in [-0.15, -0.1) is 12.3 Å². The van der Waals surface area contributed by atoms with Crippen LogP contribution in [-0.2, 0) is 6.54 Å². The molecule has 0 fully saturated rings. The van der Waals surface area contributed by atoms with Gasteiger partial charge in [0.25, 0.3) is 5.56 Å². The summed E-state index contributed by atoms with van der Waals surface area (Å²) in [5, 5.41) is 7.31. The molecule has 0 amide bonds. The Hall–Kier alpha value is -1.47. The van der Waals surface area contributed by atoms with E-state index in [4.69, 9.17) is 18.0 Å². The number of anilines is 1. The minimum Gasteiger partial charge on any atom is -0.379 e. The lowest BCUT2D eigenvalue weighted by atomic mass is 10.1. The smallest absolute Gasteiger partial charge is 0.287 e. The van der Waals surface area contributed by atoms with Crippen molar-refractivity contribution in [3.05, 3.63) is 21.6 Å². The Morgan fingerprint density at radius 3 is 2.88 bits per heavy atom. The molecule has 0 aromatic carbocycles. The van der Waals surface area contributed by atoms with Crippen molar-refractivity contribution >= 4 is 17.3 Å². The highest BCUT2D eigenvalue weighted by Gasteiger charge is 2.11. The first kappa shape index (κ1) is 13.6. The van der Waals surface area contributed by atoms with Crippen LogP contribution in [-0.4, -0.2) is 15.8 Å². The van der Waals surface area contributed by atoms with E-state index >= 15 is 0 Å². The summed E-state index contributed by atoms with van der Waals surface area (Å²) in [7, 11) is 0. The molecule has 0 bridgehead atoms. The van der Waals surface area contributed by atoms with Gasteiger partial charge in [0.1, 0.15) is 5.02 Å². The predicted octanol–water partition coefficient (Wildman–Crippen LogP) is 2.13. The highest BCUT2D eigenvalue weighted by atomic mass is 35.5. The fraction of sp³-hybridized carbons (Fsp3) is 0.500. The standard InChI is InChI=1S/C12H16ClN3O/c1-4-7-9(5-2)15-10-8-14-16(6-3)12(17)11(10)13/h1,8-9,15H,5-7H2,2-3H3. The maximum atomic E-state index is 11.7. The lowest BCUT2D eigenvalue weighted by Crippen LogP contribution is -2.25. The van der Waals surface area contributed by atoms with E-state index in [1.807, 2.05) is 13.8 Å². The normalized spacial score (nSPS) is 11.9. The highest BCUT2D eigenvalue weighted by Crippen LogP contribution is 2.17. The number of terminal acetylenes is 1. The molecular formula is C12H16ClN3O. The number of nitrogens with zero attached hydrogens (tertiary/aromatic N) is 2. The third kappa shape index (κ3) is 3.24. The van der Waals surface area contributed by atoms with Crippen LogP contribution in [0.5, 0.6) is 0 Å². The average molecular weight is 254 g/mol. The van der Waals surface area contributed by atoms with E-state index in [-0.39, 0.29) is 16.6 Å². The van der Waals surface area contributed by atoms with Crippen LogP contribution in [0.25, 0.3) is 0 Å². The monoisotopic (exact) mass is 253 g/mol. The second-order valence-corrected chi connectivity index (χ2v) is 4.03. The Labute approximate surface area is 106 Å². The number of hydrogen-bond acceptors (Lipinski definition) is 3. The summed E-state index contributed by atoms with van der Waals surface area (Å²) in [5.74, 6) is 2.59. The van der Waals surface area contributed by atoms with E-state index in [1.54, 1.807) is 6.20 Å². The van der Waals surface area contributed by atoms with Crippen molar-refractivity contribution in [2.24, 2.45) is 0 Å². The van der Waals surface area contributed by atoms with Gasteiger partial charge in [-0.2, -0.15) is 5.10 Å². The first-order valence-electron chi connectivity index (χ1n) is 5.59. The Balaban J connectivity index is 2.97. The molecule has 0 radical (unpaired) electrons. The maximum Gasteiger partial charge on any atom is 0.287 e. The van der Waals surface area contributed by atoms with Crippen LogP contribution < -0.4 is 10.9 Å². The third-order valence-corrected chi connectivity index (χ3v) is 2.87. The summed E-state index contributed by atoms with van der Waals surface area (Å²) in [4.78, 5) is 11.7. The van der Waals surface area contributed by atoms with Gasteiger partial charge >= 0.3 is 0 Å². The van der Waals surface area contributed by atoms with E-state index in [9.17, 15) is 4.79 Å². The molecule has 1 atom stereocenters. The van der Waals surface area contributed by atoms with Crippen LogP contribution in [0.4, 0.5) is 5.69 Å². The molecule has 17 heavy (non-hydrogen) atoms. The summed E-state index contributed by atoms with van der Waals surface area (Å²) in [6, 6.07) is 0.108. The number of aryl methyl sites for hydroxylation is 1. The molecule has 1 heterocycles. The Morgan fingerprint density at radius 1 is 1.65 bits per heavy atom. The molecule has 92 valence electrons. The minimum atomic E-state index is -0.283. The summed E-state index contributed by atoms with van der Waals surface area (Å²) < 4.78 is 1.32. The molecule has 1 N–H and O–H groups in total. The predicted molar refractivity (Wildman–Crippen MR) is 70.3 cm³/mol. The molecule has 0 spiro atoms. The van der Waals surface area contributed by atoms with Gasteiger partial charge < -0.3 is 5.32 Å². The van der Waals surface area contributed by atoms with Crippen LogP contribution in [0, 0.1) is 12.3 Å². The van der Waals surface area contributed by atoms with Crippen molar-refractivity contribution in [2.45, 2.75) is 39.3 Å². The zero-order valence-electron chi connectivity index (χ0n) is 10.0. The highest BCUT2D eigenvalue weighted by molar-refractivity contribution is 6.32. The maximum absolute atomic E-state index is 11.7. The quantitative estimate of drug-likeness (QED) is 0.818. The van der Waals surface area contributed by atoms with Gasteiger partial charge in [-0.25, -0.2) is 4.68 Å². The summed E-state index contributed by atoms with van der Waals surface area (Å²) >= 11 is 5.99. The van der Waals surface area contributed by atoms with Crippen molar-refractivity contribution in [3.63, 3.8) is 0 Å². The third-order valence-electron chi connectivity index (χ3n) is 2.50. The lowest BCUT2D eigenvalue weighted by molar-refractivity contribution is 0.614. The van der Waals surface area contributed by atoms with E-state index in [0.717, 1.165) is 6.42 Å². The molecule has 0 saturated heterocycles. The van der Waals surface area contributed by atoms with Crippen LogP contribution in [0.3, 0.4) is 0 Å². The topological polar surface area (TPSA) is 46.9 Å².